The van der Waals surface area contributed by atoms with Gasteiger partial charge in [0, 0.05) is 5.57 Å². The van der Waals surface area contributed by atoms with Gasteiger partial charge in [0.05, 0.1) is 4.34 Å². The predicted molar refractivity (Wildman–Crippen MR) is 55.2 cm³/mol. The molecule has 0 unspecified atom stereocenters. The molecule has 0 aromatic carbocycles. The van der Waals surface area contributed by atoms with E-state index in [0.717, 1.165) is 11.1 Å². The average molecular weight is 217 g/mol. The zero-order valence-corrected chi connectivity index (χ0v) is 8.87. The summed E-state index contributed by atoms with van der Waals surface area (Å²) in [6.45, 7) is 3.37. The van der Waals surface area contributed by atoms with Crippen LogP contribution in [0.3, 0.4) is 0 Å². The van der Waals surface area contributed by atoms with Crippen molar-refractivity contribution in [2.75, 3.05) is 0 Å². The first-order chi connectivity index (χ1) is 6.02. The highest BCUT2D eigenvalue weighted by atomic mass is 35.5. The lowest BCUT2D eigenvalue weighted by Gasteiger charge is -1.99. The van der Waals surface area contributed by atoms with E-state index in [4.69, 9.17) is 16.7 Å². The van der Waals surface area contributed by atoms with Gasteiger partial charge in [0.1, 0.15) is 0 Å². The van der Waals surface area contributed by atoms with Crippen LogP contribution in [0.5, 0.6) is 0 Å². The number of carboxylic acids is 1. The summed E-state index contributed by atoms with van der Waals surface area (Å²) < 4.78 is 0.674. The van der Waals surface area contributed by atoms with Crippen molar-refractivity contribution in [3.05, 3.63) is 26.9 Å². The third kappa shape index (κ3) is 2.32. The SMILES string of the molecule is C/C(C(=O)O)=C(/C)c1csc(Cl)c1. The first kappa shape index (κ1) is 10.3. The zero-order chi connectivity index (χ0) is 10.0. The van der Waals surface area contributed by atoms with Crippen LogP contribution in [-0.4, -0.2) is 11.1 Å². The van der Waals surface area contributed by atoms with Crippen molar-refractivity contribution in [3.63, 3.8) is 0 Å². The van der Waals surface area contributed by atoms with Gasteiger partial charge in [0.2, 0.25) is 0 Å². The van der Waals surface area contributed by atoms with Crippen molar-refractivity contribution in [3.8, 4) is 0 Å². The summed E-state index contributed by atoms with van der Waals surface area (Å²) in [5.41, 5.74) is 2.00. The number of halogens is 1. The Morgan fingerprint density at radius 2 is 2.15 bits per heavy atom. The van der Waals surface area contributed by atoms with Crippen molar-refractivity contribution < 1.29 is 9.90 Å². The predicted octanol–water partition coefficient (Wildman–Crippen LogP) is 3.28. The van der Waals surface area contributed by atoms with Crippen LogP contribution in [0.2, 0.25) is 4.34 Å². The van der Waals surface area contributed by atoms with Crippen molar-refractivity contribution >= 4 is 34.5 Å². The van der Waals surface area contributed by atoms with Gasteiger partial charge in [-0.25, -0.2) is 4.79 Å². The lowest BCUT2D eigenvalue weighted by atomic mass is 10.1. The first-order valence-corrected chi connectivity index (χ1v) is 4.93. The second-order valence-electron chi connectivity index (χ2n) is 2.69. The standard InChI is InChI=1S/C9H9ClO2S/c1-5(6(2)9(11)12)7-3-8(10)13-4-7/h3-4H,1-2H3,(H,11,12)/b6-5+. The molecular weight excluding hydrogens is 208 g/mol. The fourth-order valence-corrected chi connectivity index (χ4v) is 1.81. The Kier molecular flexibility index (Phi) is 3.12. The molecule has 13 heavy (non-hydrogen) atoms. The number of carboxylic acid groups (broad SMARTS) is 1. The summed E-state index contributed by atoms with van der Waals surface area (Å²) in [5, 5.41) is 10.6. The third-order valence-corrected chi connectivity index (χ3v) is 2.97. The molecule has 1 aromatic heterocycles. The molecule has 0 saturated carbocycles. The smallest absolute Gasteiger partial charge is 0.331 e. The van der Waals surface area contributed by atoms with Gasteiger partial charge in [-0.3, -0.25) is 0 Å². The van der Waals surface area contributed by atoms with Crippen molar-refractivity contribution in [1.29, 1.82) is 0 Å². The van der Waals surface area contributed by atoms with E-state index in [1.165, 1.54) is 11.3 Å². The molecule has 1 N–H and O–H groups in total. The van der Waals surface area contributed by atoms with Gasteiger partial charge < -0.3 is 5.11 Å². The number of rotatable bonds is 2. The monoisotopic (exact) mass is 216 g/mol. The van der Waals surface area contributed by atoms with E-state index in [1.807, 2.05) is 5.38 Å². The summed E-state index contributed by atoms with van der Waals surface area (Å²) in [6.07, 6.45) is 0. The van der Waals surface area contributed by atoms with Gasteiger partial charge in [-0.2, -0.15) is 0 Å². The molecule has 0 amide bonds. The summed E-state index contributed by atoms with van der Waals surface area (Å²) >= 11 is 7.14. The maximum absolute atomic E-state index is 10.6. The van der Waals surface area contributed by atoms with Crippen LogP contribution in [0.4, 0.5) is 0 Å². The Labute approximate surface area is 85.5 Å². The Balaban J connectivity index is 3.09. The average Bonchev–Trinajstić information content (AvgIpc) is 2.49. The normalized spacial score (nSPS) is 12.5. The maximum atomic E-state index is 10.6. The largest absolute Gasteiger partial charge is 0.478 e. The number of hydrogen-bond donors (Lipinski definition) is 1. The van der Waals surface area contributed by atoms with E-state index >= 15 is 0 Å². The van der Waals surface area contributed by atoms with Crippen molar-refractivity contribution in [2.45, 2.75) is 13.8 Å². The van der Waals surface area contributed by atoms with Crippen LogP contribution >= 0.6 is 22.9 Å². The Hall–Kier alpha value is -0.800. The molecule has 2 nitrogen and oxygen atoms in total. The fourth-order valence-electron chi connectivity index (χ4n) is 0.884. The first-order valence-electron chi connectivity index (χ1n) is 3.67. The van der Waals surface area contributed by atoms with Gasteiger partial charge in [-0.15, -0.1) is 11.3 Å². The molecule has 1 rings (SSSR count). The summed E-state index contributed by atoms with van der Waals surface area (Å²) in [4.78, 5) is 10.6. The number of carbonyl (C=O) groups is 1. The molecule has 4 heteroatoms. The summed E-state index contributed by atoms with van der Waals surface area (Å²) in [5.74, 6) is -0.889. The quantitative estimate of drug-likeness (QED) is 0.771. The van der Waals surface area contributed by atoms with Crippen LogP contribution in [-0.2, 0) is 4.79 Å². The van der Waals surface area contributed by atoms with Crippen molar-refractivity contribution in [1.82, 2.24) is 0 Å². The summed E-state index contributed by atoms with van der Waals surface area (Å²) in [7, 11) is 0. The van der Waals surface area contributed by atoms with Gasteiger partial charge >= 0.3 is 5.97 Å². The van der Waals surface area contributed by atoms with Crippen LogP contribution in [0.1, 0.15) is 19.4 Å². The van der Waals surface area contributed by atoms with Gasteiger partial charge in [0.25, 0.3) is 0 Å². The van der Waals surface area contributed by atoms with Crippen LogP contribution in [0.25, 0.3) is 5.57 Å². The number of aliphatic carboxylic acids is 1. The Bertz CT molecular complexity index is 365. The second-order valence-corrected chi connectivity index (χ2v) is 4.24. The molecule has 0 fully saturated rings. The molecule has 0 atom stereocenters. The highest BCUT2D eigenvalue weighted by Gasteiger charge is 2.08. The molecule has 0 radical (unpaired) electrons. The van der Waals surface area contributed by atoms with Crippen LogP contribution < -0.4 is 0 Å². The molecule has 0 aliphatic carbocycles. The lowest BCUT2D eigenvalue weighted by molar-refractivity contribution is -0.132. The van der Waals surface area contributed by atoms with Gasteiger partial charge in [0.15, 0.2) is 0 Å². The topological polar surface area (TPSA) is 37.3 Å². The minimum Gasteiger partial charge on any atom is -0.478 e. The van der Waals surface area contributed by atoms with E-state index < -0.39 is 5.97 Å². The molecular formula is C9H9ClO2S. The number of hydrogen-bond acceptors (Lipinski definition) is 2. The summed E-state index contributed by atoms with van der Waals surface area (Å²) in [6, 6.07) is 1.77. The van der Waals surface area contributed by atoms with Gasteiger partial charge in [-0.05, 0) is 36.4 Å². The lowest BCUT2D eigenvalue weighted by Crippen LogP contribution is -1.98. The fraction of sp³-hybridized carbons (Fsp3) is 0.222. The molecule has 0 aliphatic rings. The molecule has 70 valence electrons. The van der Waals surface area contributed by atoms with Crippen LogP contribution in [0.15, 0.2) is 17.0 Å². The number of allylic oxidation sites excluding steroid dienone is 1. The Morgan fingerprint density at radius 3 is 2.54 bits per heavy atom. The van der Waals surface area contributed by atoms with Crippen molar-refractivity contribution in [2.24, 2.45) is 0 Å². The molecule has 0 aliphatic heterocycles. The van der Waals surface area contributed by atoms with E-state index in [0.29, 0.717) is 9.91 Å². The van der Waals surface area contributed by atoms with Gasteiger partial charge in [-0.1, -0.05) is 11.6 Å². The molecule has 0 bridgehead atoms. The maximum Gasteiger partial charge on any atom is 0.331 e. The molecule has 0 saturated heterocycles. The third-order valence-electron chi connectivity index (χ3n) is 1.88. The van der Waals surface area contributed by atoms with Crippen LogP contribution in [0, 0.1) is 0 Å². The highest BCUT2D eigenvalue weighted by molar-refractivity contribution is 7.14. The van der Waals surface area contributed by atoms with E-state index in [-0.39, 0.29) is 0 Å². The minimum atomic E-state index is -0.889. The second kappa shape index (κ2) is 3.94. The molecule has 1 heterocycles. The Morgan fingerprint density at radius 1 is 1.54 bits per heavy atom. The van der Waals surface area contributed by atoms with E-state index in [1.54, 1.807) is 19.9 Å². The van der Waals surface area contributed by atoms with E-state index in [2.05, 4.69) is 0 Å². The van der Waals surface area contributed by atoms with E-state index in [9.17, 15) is 4.79 Å². The highest BCUT2D eigenvalue weighted by Crippen LogP contribution is 2.27. The number of thiophene rings is 1. The zero-order valence-electron chi connectivity index (χ0n) is 7.30. The molecule has 0 spiro atoms. The minimum absolute atomic E-state index is 0.356. The molecule has 1 aromatic rings.